The van der Waals surface area contributed by atoms with Gasteiger partial charge in [-0.1, -0.05) is 5.16 Å². The van der Waals surface area contributed by atoms with Crippen LogP contribution < -0.4 is 11.5 Å². The first-order chi connectivity index (χ1) is 6.40. The molecule has 5 heteroatoms. The summed E-state index contributed by atoms with van der Waals surface area (Å²) in [7, 11) is 1.50. The van der Waals surface area contributed by atoms with Crippen molar-refractivity contribution in [3.8, 4) is 0 Å². The molecule has 2 aromatic rings. The molecule has 5 nitrogen and oxygen atoms in total. The van der Waals surface area contributed by atoms with Gasteiger partial charge in [0.05, 0.1) is 17.3 Å². The number of hydrogen-bond donors (Lipinski definition) is 2. The van der Waals surface area contributed by atoms with Gasteiger partial charge in [0.2, 0.25) is 0 Å². The van der Waals surface area contributed by atoms with E-state index in [4.69, 9.17) is 10.3 Å². The molecular weight excluding hydrogens is 168 g/mol. The van der Waals surface area contributed by atoms with Crippen molar-refractivity contribution < 1.29 is 4.52 Å². The van der Waals surface area contributed by atoms with Crippen LogP contribution in [0.4, 0.5) is 0 Å². The van der Waals surface area contributed by atoms with Crippen molar-refractivity contribution in [2.45, 2.75) is 6.54 Å². The maximum atomic E-state index is 5.39. The molecule has 13 heavy (non-hydrogen) atoms. The van der Waals surface area contributed by atoms with Crippen molar-refractivity contribution >= 4 is 11.1 Å². The van der Waals surface area contributed by atoms with E-state index in [0.717, 1.165) is 11.1 Å². The zero-order valence-electron chi connectivity index (χ0n) is 7.40. The molecule has 0 fully saturated rings. The normalized spacial score (nSPS) is 9.46. The summed E-state index contributed by atoms with van der Waals surface area (Å²) in [6, 6.07) is 3.75. The standard InChI is InChI=1S/C7H7N3O.CH5N/c8-3-6-2-1-5-4-9-11-7(5)10-6;1-2/h1-2,4H,3,8H2;2H2,1H3. The van der Waals surface area contributed by atoms with Crippen LogP contribution in [0.25, 0.3) is 11.1 Å². The average Bonchev–Trinajstić information content (AvgIpc) is 2.67. The predicted molar refractivity (Wildman–Crippen MR) is 49.8 cm³/mol. The lowest BCUT2D eigenvalue weighted by Crippen LogP contribution is -1.98. The number of pyridine rings is 1. The van der Waals surface area contributed by atoms with Gasteiger partial charge in [-0.05, 0) is 19.2 Å². The average molecular weight is 180 g/mol. The Labute approximate surface area is 75.7 Å². The molecule has 0 aliphatic carbocycles. The zero-order valence-corrected chi connectivity index (χ0v) is 7.40. The van der Waals surface area contributed by atoms with Crippen molar-refractivity contribution in [2.24, 2.45) is 11.5 Å². The number of nitrogens with zero attached hydrogens (tertiary/aromatic N) is 2. The van der Waals surface area contributed by atoms with Crippen LogP contribution in [0, 0.1) is 0 Å². The van der Waals surface area contributed by atoms with Gasteiger partial charge in [-0.15, -0.1) is 0 Å². The van der Waals surface area contributed by atoms with Crippen molar-refractivity contribution in [3.05, 3.63) is 24.0 Å². The molecule has 2 aromatic heterocycles. The van der Waals surface area contributed by atoms with Gasteiger partial charge in [-0.3, -0.25) is 0 Å². The first-order valence-electron chi connectivity index (χ1n) is 3.88. The van der Waals surface area contributed by atoms with Crippen molar-refractivity contribution in [2.75, 3.05) is 7.05 Å². The Morgan fingerprint density at radius 1 is 1.38 bits per heavy atom. The topological polar surface area (TPSA) is 91.0 Å². The van der Waals surface area contributed by atoms with Crippen molar-refractivity contribution in [1.82, 2.24) is 10.1 Å². The smallest absolute Gasteiger partial charge is 0.257 e. The summed E-state index contributed by atoms with van der Waals surface area (Å²) in [6.45, 7) is 0.427. The molecule has 0 aliphatic heterocycles. The molecule has 0 amide bonds. The number of aromatic nitrogens is 2. The van der Waals surface area contributed by atoms with E-state index >= 15 is 0 Å². The molecule has 4 N–H and O–H groups in total. The van der Waals surface area contributed by atoms with Gasteiger partial charge < -0.3 is 16.0 Å². The maximum Gasteiger partial charge on any atom is 0.257 e. The highest BCUT2D eigenvalue weighted by Gasteiger charge is 1.99. The highest BCUT2D eigenvalue weighted by Crippen LogP contribution is 2.10. The Bertz CT molecular complexity index is 371. The second kappa shape index (κ2) is 4.54. The van der Waals surface area contributed by atoms with Gasteiger partial charge in [-0.25, -0.2) is 4.98 Å². The minimum absolute atomic E-state index is 0.427. The van der Waals surface area contributed by atoms with Gasteiger partial charge in [0.25, 0.3) is 5.71 Å². The van der Waals surface area contributed by atoms with Crippen LogP contribution in [0.3, 0.4) is 0 Å². The summed E-state index contributed by atoms with van der Waals surface area (Å²) in [5, 5.41) is 4.50. The summed E-state index contributed by atoms with van der Waals surface area (Å²) in [4.78, 5) is 4.10. The van der Waals surface area contributed by atoms with E-state index in [9.17, 15) is 0 Å². The first-order valence-corrected chi connectivity index (χ1v) is 3.88. The lowest BCUT2D eigenvalue weighted by atomic mass is 10.3. The Hall–Kier alpha value is -1.46. The summed E-state index contributed by atoms with van der Waals surface area (Å²) >= 11 is 0. The molecule has 0 unspecified atom stereocenters. The SMILES string of the molecule is CN.NCc1ccc2cnoc2n1. The van der Waals surface area contributed by atoms with Gasteiger partial charge in [0.1, 0.15) is 0 Å². The number of nitrogens with two attached hydrogens (primary N) is 2. The summed E-state index contributed by atoms with van der Waals surface area (Å²) in [6.07, 6.45) is 1.63. The van der Waals surface area contributed by atoms with Gasteiger partial charge in [0.15, 0.2) is 0 Å². The number of hydrogen-bond acceptors (Lipinski definition) is 5. The lowest BCUT2D eigenvalue weighted by molar-refractivity contribution is 0.448. The third kappa shape index (κ3) is 2.01. The second-order valence-corrected chi connectivity index (χ2v) is 2.23. The largest absolute Gasteiger partial charge is 0.336 e. The molecule has 0 atom stereocenters. The summed E-state index contributed by atoms with van der Waals surface area (Å²) in [5.41, 5.74) is 11.2. The Balaban J connectivity index is 0.000000396. The highest BCUT2D eigenvalue weighted by atomic mass is 16.5. The molecule has 2 rings (SSSR count). The Morgan fingerprint density at radius 2 is 2.15 bits per heavy atom. The fourth-order valence-corrected chi connectivity index (χ4v) is 0.908. The van der Waals surface area contributed by atoms with Gasteiger partial charge >= 0.3 is 0 Å². The Morgan fingerprint density at radius 3 is 2.85 bits per heavy atom. The van der Waals surface area contributed by atoms with Gasteiger partial charge in [0, 0.05) is 6.54 Å². The molecular formula is C8H12N4O. The van der Waals surface area contributed by atoms with E-state index in [2.05, 4.69) is 15.9 Å². The van der Waals surface area contributed by atoms with Crippen LogP contribution >= 0.6 is 0 Å². The van der Waals surface area contributed by atoms with Crippen LogP contribution in [0.5, 0.6) is 0 Å². The van der Waals surface area contributed by atoms with Crippen LogP contribution in [0.15, 0.2) is 22.9 Å². The highest BCUT2D eigenvalue weighted by molar-refractivity contribution is 5.71. The molecule has 0 radical (unpaired) electrons. The third-order valence-electron chi connectivity index (χ3n) is 1.49. The maximum absolute atomic E-state index is 5.39. The fourth-order valence-electron chi connectivity index (χ4n) is 0.908. The zero-order chi connectivity index (χ0) is 9.68. The molecule has 0 spiro atoms. The number of rotatable bonds is 1. The van der Waals surface area contributed by atoms with Crippen LogP contribution in [-0.4, -0.2) is 17.2 Å². The Kier molecular flexibility index (Phi) is 3.36. The fraction of sp³-hybridized carbons (Fsp3) is 0.250. The monoisotopic (exact) mass is 180 g/mol. The molecule has 70 valence electrons. The first kappa shape index (κ1) is 9.63. The van der Waals surface area contributed by atoms with E-state index in [0.29, 0.717) is 12.3 Å². The van der Waals surface area contributed by atoms with Crippen molar-refractivity contribution in [1.29, 1.82) is 0 Å². The molecule has 0 bridgehead atoms. The second-order valence-electron chi connectivity index (χ2n) is 2.23. The molecule has 0 saturated heterocycles. The van der Waals surface area contributed by atoms with E-state index in [1.165, 1.54) is 7.05 Å². The third-order valence-corrected chi connectivity index (χ3v) is 1.49. The van der Waals surface area contributed by atoms with Crippen LogP contribution in [0.1, 0.15) is 5.69 Å². The van der Waals surface area contributed by atoms with E-state index in [-0.39, 0.29) is 0 Å². The van der Waals surface area contributed by atoms with Gasteiger partial charge in [-0.2, -0.15) is 0 Å². The minimum Gasteiger partial charge on any atom is -0.336 e. The van der Waals surface area contributed by atoms with Crippen LogP contribution in [-0.2, 0) is 6.54 Å². The predicted octanol–water partition coefficient (Wildman–Crippen LogP) is 0.256. The van der Waals surface area contributed by atoms with E-state index in [1.54, 1.807) is 6.20 Å². The van der Waals surface area contributed by atoms with Crippen molar-refractivity contribution in [3.63, 3.8) is 0 Å². The molecule has 0 saturated carbocycles. The summed E-state index contributed by atoms with van der Waals surface area (Å²) < 4.78 is 4.84. The molecule has 0 aromatic carbocycles. The quantitative estimate of drug-likeness (QED) is 0.656. The number of fused-ring (bicyclic) bond motifs is 1. The van der Waals surface area contributed by atoms with Crippen LogP contribution in [0.2, 0.25) is 0 Å². The molecule has 2 heterocycles. The minimum atomic E-state index is 0.427. The molecule has 0 aliphatic rings. The lowest BCUT2D eigenvalue weighted by Gasteiger charge is -1.91. The summed E-state index contributed by atoms with van der Waals surface area (Å²) in [5.74, 6) is 0. The van der Waals surface area contributed by atoms with E-state index < -0.39 is 0 Å². The van der Waals surface area contributed by atoms with E-state index in [1.807, 2.05) is 12.1 Å².